The number of methoxy groups -OCH3 is 1. The van der Waals surface area contributed by atoms with Crippen molar-refractivity contribution >= 4 is 39.8 Å². The van der Waals surface area contributed by atoms with Crippen molar-refractivity contribution < 1.29 is 9.53 Å². The van der Waals surface area contributed by atoms with Crippen molar-refractivity contribution in [1.29, 1.82) is 0 Å². The summed E-state index contributed by atoms with van der Waals surface area (Å²) in [5.74, 6) is 0.444. The molecule has 0 radical (unpaired) electrons. The third-order valence-electron chi connectivity index (χ3n) is 3.59. The number of benzene rings is 2. The fourth-order valence-electron chi connectivity index (χ4n) is 2.39. The van der Waals surface area contributed by atoms with E-state index in [0.29, 0.717) is 20.9 Å². The van der Waals surface area contributed by atoms with Crippen molar-refractivity contribution in [2.45, 2.75) is 16.5 Å². The molecule has 0 saturated heterocycles. The Labute approximate surface area is 159 Å². The molecule has 1 atom stereocenters. The number of ether oxygens (including phenoxy) is 1. The van der Waals surface area contributed by atoms with Crippen molar-refractivity contribution in [1.82, 2.24) is 10.2 Å². The van der Waals surface area contributed by atoms with Crippen molar-refractivity contribution in [2.75, 3.05) is 18.2 Å². The van der Waals surface area contributed by atoms with E-state index in [-0.39, 0.29) is 5.91 Å². The Hall–Kier alpha value is -2.58. The van der Waals surface area contributed by atoms with Crippen LogP contribution in [0.3, 0.4) is 0 Å². The highest BCUT2D eigenvalue weighted by atomic mass is 32.2. The number of nitrogens with zero attached hydrogens (tertiary/aromatic N) is 2. The van der Waals surface area contributed by atoms with E-state index < -0.39 is 5.25 Å². The maximum atomic E-state index is 13.0. The molecule has 0 aliphatic carbocycles. The van der Waals surface area contributed by atoms with E-state index in [1.165, 1.54) is 23.1 Å². The number of carbonyl (C=O) groups excluding carboxylic acids is 1. The molecule has 0 spiro atoms. The first-order chi connectivity index (χ1) is 12.6. The van der Waals surface area contributed by atoms with Crippen molar-refractivity contribution in [3.8, 4) is 5.75 Å². The molecule has 0 aliphatic rings. The normalized spacial score (nSPS) is 11.8. The Morgan fingerprint density at radius 2 is 2.00 bits per heavy atom. The molecule has 3 rings (SSSR count). The summed E-state index contributed by atoms with van der Waals surface area (Å²) < 4.78 is 5.99. The first kappa shape index (κ1) is 18.2. The first-order valence-electron chi connectivity index (χ1n) is 7.83. The van der Waals surface area contributed by atoms with Crippen molar-refractivity contribution in [3.63, 3.8) is 0 Å². The molecule has 6 nitrogen and oxygen atoms in total. The van der Waals surface area contributed by atoms with Gasteiger partial charge < -0.3 is 15.8 Å². The van der Waals surface area contributed by atoms with Gasteiger partial charge in [0.25, 0.3) is 0 Å². The Bertz CT molecular complexity index is 899. The number of nitrogen functional groups attached to an aromatic ring is 1. The van der Waals surface area contributed by atoms with Gasteiger partial charge in [0, 0.05) is 0 Å². The number of anilines is 2. The number of carbonyl (C=O) groups is 1. The monoisotopic (exact) mass is 386 g/mol. The lowest BCUT2D eigenvalue weighted by atomic mass is 10.1. The summed E-state index contributed by atoms with van der Waals surface area (Å²) in [4.78, 5) is 13.0. The predicted octanol–water partition coefficient (Wildman–Crippen LogP) is 3.91. The molecule has 26 heavy (non-hydrogen) atoms. The summed E-state index contributed by atoms with van der Waals surface area (Å²) in [7, 11) is 1.58. The second-order valence-corrected chi connectivity index (χ2v) is 7.87. The number of aryl methyl sites for hydroxylation is 1. The minimum absolute atomic E-state index is 0.168. The van der Waals surface area contributed by atoms with Gasteiger partial charge in [0.15, 0.2) is 4.34 Å². The summed E-state index contributed by atoms with van der Waals surface area (Å²) >= 11 is 2.58. The number of hydrogen-bond acceptors (Lipinski definition) is 7. The van der Waals surface area contributed by atoms with Crippen LogP contribution in [0.25, 0.3) is 0 Å². The quantitative estimate of drug-likeness (QED) is 0.624. The van der Waals surface area contributed by atoms with E-state index in [4.69, 9.17) is 10.5 Å². The van der Waals surface area contributed by atoms with Crippen LogP contribution in [0.1, 0.15) is 16.4 Å². The molecule has 134 valence electrons. The zero-order valence-corrected chi connectivity index (χ0v) is 15.9. The highest BCUT2D eigenvalue weighted by Crippen LogP contribution is 2.38. The first-order valence-corrected chi connectivity index (χ1v) is 9.52. The van der Waals surface area contributed by atoms with E-state index in [1.807, 2.05) is 55.5 Å². The highest BCUT2D eigenvalue weighted by Gasteiger charge is 2.24. The number of nitrogens with two attached hydrogens (primary N) is 1. The van der Waals surface area contributed by atoms with Crippen LogP contribution in [0.15, 0.2) is 52.9 Å². The molecule has 3 aromatic rings. The van der Waals surface area contributed by atoms with Crippen LogP contribution in [0.5, 0.6) is 5.75 Å². The smallest absolute Gasteiger partial charge is 0.242 e. The summed E-state index contributed by atoms with van der Waals surface area (Å²) in [5, 5.41) is 10.7. The van der Waals surface area contributed by atoms with Gasteiger partial charge in [-0.15, -0.1) is 10.2 Å². The molecule has 8 heteroatoms. The highest BCUT2D eigenvalue weighted by molar-refractivity contribution is 8.02. The number of hydrogen-bond donors (Lipinski definition) is 2. The van der Waals surface area contributed by atoms with E-state index >= 15 is 0 Å². The average Bonchev–Trinajstić information content (AvgIpc) is 3.05. The van der Waals surface area contributed by atoms with Gasteiger partial charge in [-0.05, 0) is 30.2 Å². The van der Waals surface area contributed by atoms with Gasteiger partial charge >= 0.3 is 0 Å². The van der Waals surface area contributed by atoms with Crippen LogP contribution < -0.4 is 15.8 Å². The Balaban J connectivity index is 1.89. The zero-order valence-electron chi connectivity index (χ0n) is 14.3. The van der Waals surface area contributed by atoms with Crippen LogP contribution in [-0.4, -0.2) is 23.2 Å². The van der Waals surface area contributed by atoms with Gasteiger partial charge in [0.2, 0.25) is 11.0 Å². The molecule has 0 fully saturated rings. The van der Waals surface area contributed by atoms with Crippen LogP contribution in [0.2, 0.25) is 0 Å². The van der Waals surface area contributed by atoms with Crippen LogP contribution in [0.4, 0.5) is 10.8 Å². The molecule has 0 aliphatic heterocycles. The summed E-state index contributed by atoms with van der Waals surface area (Å²) in [5.41, 5.74) is 8.20. The summed E-state index contributed by atoms with van der Waals surface area (Å²) in [6.07, 6.45) is 0. The number of nitrogens with one attached hydrogen (secondary N) is 1. The molecule has 0 saturated carbocycles. The topological polar surface area (TPSA) is 90.1 Å². The second-order valence-electron chi connectivity index (χ2n) is 5.51. The van der Waals surface area contributed by atoms with Crippen LogP contribution >= 0.6 is 23.1 Å². The Morgan fingerprint density at radius 3 is 2.65 bits per heavy atom. The predicted molar refractivity (Wildman–Crippen MR) is 106 cm³/mol. The average molecular weight is 387 g/mol. The van der Waals surface area contributed by atoms with Gasteiger partial charge in [-0.2, -0.15) is 0 Å². The molecule has 1 heterocycles. The van der Waals surface area contributed by atoms with Crippen molar-refractivity contribution in [2.24, 2.45) is 0 Å². The minimum atomic E-state index is -0.492. The third kappa shape index (κ3) is 4.33. The van der Waals surface area contributed by atoms with Gasteiger partial charge in [-0.1, -0.05) is 59.5 Å². The van der Waals surface area contributed by atoms with E-state index in [0.717, 1.165) is 11.1 Å². The van der Waals surface area contributed by atoms with Crippen molar-refractivity contribution in [3.05, 3.63) is 59.7 Å². The number of thioether (sulfide) groups is 1. The molecule has 3 N–H and O–H groups in total. The van der Waals surface area contributed by atoms with Gasteiger partial charge in [-0.25, -0.2) is 0 Å². The lowest BCUT2D eigenvalue weighted by molar-refractivity contribution is -0.115. The fourth-order valence-corrected chi connectivity index (χ4v) is 4.22. The molecular weight excluding hydrogens is 368 g/mol. The lowest BCUT2D eigenvalue weighted by Crippen LogP contribution is -2.19. The molecule has 1 amide bonds. The minimum Gasteiger partial charge on any atom is -0.495 e. The maximum absolute atomic E-state index is 13.0. The van der Waals surface area contributed by atoms with Crippen LogP contribution in [0, 0.1) is 6.92 Å². The second kappa shape index (κ2) is 8.20. The SMILES string of the molecule is COc1ccc(C)cc1NC(=O)C(Sc1nnc(N)s1)c1ccccc1. The zero-order chi connectivity index (χ0) is 18.5. The van der Waals surface area contributed by atoms with E-state index in [1.54, 1.807) is 7.11 Å². The molecule has 1 unspecified atom stereocenters. The molecular formula is C18H18N4O2S2. The molecule has 0 bridgehead atoms. The Morgan fingerprint density at radius 1 is 1.23 bits per heavy atom. The fraction of sp³-hybridized carbons (Fsp3) is 0.167. The molecule has 2 aromatic carbocycles. The Kier molecular flexibility index (Phi) is 5.75. The summed E-state index contributed by atoms with van der Waals surface area (Å²) in [6, 6.07) is 15.2. The largest absolute Gasteiger partial charge is 0.495 e. The van der Waals surface area contributed by atoms with E-state index in [9.17, 15) is 4.79 Å². The standard InChI is InChI=1S/C18H18N4O2S2/c1-11-8-9-14(24-2)13(10-11)20-16(23)15(12-6-4-3-5-7-12)25-18-22-21-17(19)26-18/h3-10,15H,1-2H3,(H2,19,21)(H,20,23). The number of rotatable bonds is 6. The van der Waals surface area contributed by atoms with E-state index in [2.05, 4.69) is 15.5 Å². The number of aromatic nitrogens is 2. The lowest BCUT2D eigenvalue weighted by Gasteiger charge is -2.17. The maximum Gasteiger partial charge on any atom is 0.242 e. The molecule has 1 aromatic heterocycles. The van der Waals surface area contributed by atoms with Crippen LogP contribution in [-0.2, 0) is 4.79 Å². The summed E-state index contributed by atoms with van der Waals surface area (Å²) in [6.45, 7) is 1.96. The number of amides is 1. The van der Waals surface area contributed by atoms with Gasteiger partial charge in [-0.3, -0.25) is 4.79 Å². The van der Waals surface area contributed by atoms with Gasteiger partial charge in [0.05, 0.1) is 12.8 Å². The third-order valence-corrected chi connectivity index (χ3v) is 5.69. The van der Waals surface area contributed by atoms with Gasteiger partial charge in [0.1, 0.15) is 11.0 Å².